The number of hydrogen-bond donors (Lipinski definition) is 0. The monoisotopic (exact) mass is 184 g/mol. The Morgan fingerprint density at radius 1 is 0.923 bits per heavy atom. The van der Waals surface area contributed by atoms with Gasteiger partial charge in [-0.15, -0.1) is 0 Å². The van der Waals surface area contributed by atoms with Crippen LogP contribution in [0.1, 0.15) is 13.8 Å². The van der Waals surface area contributed by atoms with Gasteiger partial charge in [0.05, 0.1) is 0 Å². The number of hydrogen-bond acceptors (Lipinski definition) is 4. The highest BCUT2D eigenvalue weighted by atomic mass is 16.8. The van der Waals surface area contributed by atoms with Crippen LogP contribution in [-0.4, -0.2) is 30.6 Å². The van der Waals surface area contributed by atoms with Crippen LogP contribution in [-0.2, 0) is 14.2 Å². The first-order valence-corrected chi connectivity index (χ1v) is 4.71. The Morgan fingerprint density at radius 2 is 1.38 bits per heavy atom. The molecule has 3 aliphatic rings. The molecule has 3 saturated heterocycles. The quantitative estimate of drug-likeness (QED) is 0.526. The highest BCUT2D eigenvalue weighted by Gasteiger charge is 2.63. The molecule has 4 nitrogen and oxygen atoms in total. The van der Waals surface area contributed by atoms with E-state index in [2.05, 4.69) is 13.8 Å². The van der Waals surface area contributed by atoms with E-state index in [1.165, 1.54) is 0 Å². The Labute approximate surface area is 76.1 Å². The Kier molecular flexibility index (Phi) is 1.28. The Morgan fingerprint density at radius 3 is 1.85 bits per heavy atom. The summed E-state index contributed by atoms with van der Waals surface area (Å²) < 4.78 is 15.8. The van der Waals surface area contributed by atoms with Gasteiger partial charge in [-0.05, 0) is 11.8 Å². The molecular formula is C9H12O4. The van der Waals surface area contributed by atoms with Gasteiger partial charge in [0.2, 0.25) is 0 Å². The maximum Gasteiger partial charge on any atom is 0.509 e. The van der Waals surface area contributed by atoms with Crippen LogP contribution >= 0.6 is 0 Å². The minimum Gasteiger partial charge on any atom is -0.424 e. The van der Waals surface area contributed by atoms with Crippen LogP contribution in [0.2, 0.25) is 0 Å². The minimum absolute atomic E-state index is 0.0523. The summed E-state index contributed by atoms with van der Waals surface area (Å²) in [4.78, 5) is 10.9. The maximum absolute atomic E-state index is 10.9. The van der Waals surface area contributed by atoms with Crippen molar-refractivity contribution in [1.82, 2.24) is 0 Å². The zero-order valence-electron chi connectivity index (χ0n) is 7.60. The lowest BCUT2D eigenvalue weighted by atomic mass is 9.79. The molecule has 6 unspecified atom stereocenters. The van der Waals surface area contributed by atoms with E-state index < -0.39 is 6.16 Å². The largest absolute Gasteiger partial charge is 0.509 e. The molecule has 3 fully saturated rings. The second kappa shape index (κ2) is 2.18. The first-order valence-electron chi connectivity index (χ1n) is 4.71. The van der Waals surface area contributed by atoms with Gasteiger partial charge in [-0.3, -0.25) is 0 Å². The van der Waals surface area contributed by atoms with Crippen molar-refractivity contribution in [2.45, 2.75) is 38.3 Å². The first kappa shape index (κ1) is 7.62. The molecule has 2 bridgehead atoms. The molecule has 0 aromatic rings. The molecule has 3 aliphatic heterocycles. The van der Waals surface area contributed by atoms with Gasteiger partial charge in [-0.25, -0.2) is 4.79 Å². The summed E-state index contributed by atoms with van der Waals surface area (Å²) in [5.41, 5.74) is 0. The molecule has 3 rings (SSSR count). The molecule has 0 aromatic carbocycles. The maximum atomic E-state index is 10.9. The number of rotatable bonds is 0. The normalized spacial score (nSPS) is 57.5. The summed E-state index contributed by atoms with van der Waals surface area (Å²) in [6, 6.07) is 0. The fraction of sp³-hybridized carbons (Fsp3) is 0.889. The number of fused-ring (bicyclic) bond motifs is 5. The topological polar surface area (TPSA) is 44.8 Å². The van der Waals surface area contributed by atoms with Crippen LogP contribution in [0.3, 0.4) is 0 Å². The van der Waals surface area contributed by atoms with E-state index in [4.69, 9.17) is 14.2 Å². The summed E-state index contributed by atoms with van der Waals surface area (Å²) in [5.74, 6) is 0.918. The van der Waals surface area contributed by atoms with Gasteiger partial charge in [0.15, 0.2) is 12.2 Å². The van der Waals surface area contributed by atoms with Crippen molar-refractivity contribution >= 4 is 6.16 Å². The van der Waals surface area contributed by atoms with Crippen molar-refractivity contribution in [3.05, 3.63) is 0 Å². The van der Waals surface area contributed by atoms with Crippen LogP contribution in [0.4, 0.5) is 4.79 Å². The Hall–Kier alpha value is -0.770. The number of carbonyl (C=O) groups is 1. The molecule has 0 aromatic heterocycles. The van der Waals surface area contributed by atoms with Crippen LogP contribution in [0, 0.1) is 11.8 Å². The summed E-state index contributed by atoms with van der Waals surface area (Å²) in [7, 11) is 0. The van der Waals surface area contributed by atoms with E-state index in [0.29, 0.717) is 11.8 Å². The molecular weight excluding hydrogens is 172 g/mol. The molecule has 0 aliphatic carbocycles. The predicted octanol–water partition coefficient (Wildman–Crippen LogP) is 0.944. The van der Waals surface area contributed by atoms with Crippen molar-refractivity contribution < 1.29 is 19.0 Å². The smallest absolute Gasteiger partial charge is 0.424 e. The van der Waals surface area contributed by atoms with E-state index in [0.717, 1.165) is 0 Å². The van der Waals surface area contributed by atoms with Crippen molar-refractivity contribution in [3.8, 4) is 0 Å². The third-order valence-electron chi connectivity index (χ3n) is 3.62. The van der Waals surface area contributed by atoms with Gasteiger partial charge >= 0.3 is 6.16 Å². The number of carbonyl (C=O) groups excluding carboxylic acids is 1. The van der Waals surface area contributed by atoms with E-state index in [1.54, 1.807) is 0 Å². The zero-order chi connectivity index (χ0) is 9.16. The fourth-order valence-corrected chi connectivity index (χ4v) is 2.67. The fourth-order valence-electron chi connectivity index (χ4n) is 2.67. The summed E-state index contributed by atoms with van der Waals surface area (Å²) in [6.45, 7) is 4.27. The first-order chi connectivity index (χ1) is 6.18. The molecule has 0 amide bonds. The van der Waals surface area contributed by atoms with Crippen LogP contribution in [0.25, 0.3) is 0 Å². The highest BCUT2D eigenvalue weighted by Crippen LogP contribution is 2.47. The molecule has 0 spiro atoms. The SMILES string of the molecule is CC1C(C)C2OC1C1OC(=O)OC21. The lowest BCUT2D eigenvalue weighted by Crippen LogP contribution is -2.42. The van der Waals surface area contributed by atoms with Gasteiger partial charge in [-0.2, -0.15) is 0 Å². The van der Waals surface area contributed by atoms with Gasteiger partial charge in [0, 0.05) is 0 Å². The molecule has 6 atom stereocenters. The summed E-state index contributed by atoms with van der Waals surface area (Å²) >= 11 is 0. The van der Waals surface area contributed by atoms with E-state index in [9.17, 15) is 4.79 Å². The molecule has 4 heteroatoms. The van der Waals surface area contributed by atoms with Crippen molar-refractivity contribution in [2.75, 3.05) is 0 Å². The van der Waals surface area contributed by atoms with Gasteiger partial charge in [0.25, 0.3) is 0 Å². The lowest BCUT2D eigenvalue weighted by molar-refractivity contribution is 0.00782. The standard InChI is InChI=1S/C9H12O4/c1-3-4(2)6-8-7(5(3)11-6)12-9(10)13-8/h3-8H,1-2H3. The molecule has 0 N–H and O–H groups in total. The van der Waals surface area contributed by atoms with Crippen molar-refractivity contribution in [2.24, 2.45) is 11.8 Å². The van der Waals surface area contributed by atoms with Crippen molar-refractivity contribution in [1.29, 1.82) is 0 Å². The van der Waals surface area contributed by atoms with Gasteiger partial charge in [0.1, 0.15) is 12.2 Å². The van der Waals surface area contributed by atoms with Gasteiger partial charge in [-0.1, -0.05) is 13.8 Å². The van der Waals surface area contributed by atoms with E-state index in [-0.39, 0.29) is 24.4 Å². The Balaban J connectivity index is 1.92. The molecule has 13 heavy (non-hydrogen) atoms. The molecule has 3 heterocycles. The third kappa shape index (κ3) is 0.771. The average Bonchev–Trinajstić information content (AvgIpc) is 2.64. The molecule has 0 saturated carbocycles. The van der Waals surface area contributed by atoms with Gasteiger partial charge < -0.3 is 14.2 Å². The van der Waals surface area contributed by atoms with E-state index in [1.807, 2.05) is 0 Å². The second-order valence-corrected chi connectivity index (χ2v) is 4.20. The lowest BCUT2D eigenvalue weighted by Gasteiger charge is -2.26. The predicted molar refractivity (Wildman–Crippen MR) is 42.1 cm³/mol. The summed E-state index contributed by atoms with van der Waals surface area (Å²) in [6.07, 6.45) is -0.727. The Bertz CT molecular complexity index is 240. The van der Waals surface area contributed by atoms with Crippen LogP contribution in [0.15, 0.2) is 0 Å². The highest BCUT2D eigenvalue weighted by molar-refractivity contribution is 5.63. The van der Waals surface area contributed by atoms with Crippen LogP contribution < -0.4 is 0 Å². The minimum atomic E-state index is -0.533. The number of ether oxygens (including phenoxy) is 3. The average molecular weight is 184 g/mol. The molecule has 72 valence electrons. The van der Waals surface area contributed by atoms with E-state index >= 15 is 0 Å². The zero-order valence-corrected chi connectivity index (χ0v) is 7.60. The second-order valence-electron chi connectivity index (χ2n) is 4.20. The summed E-state index contributed by atoms with van der Waals surface area (Å²) in [5, 5.41) is 0. The third-order valence-corrected chi connectivity index (χ3v) is 3.62. The van der Waals surface area contributed by atoms with Crippen LogP contribution in [0.5, 0.6) is 0 Å². The van der Waals surface area contributed by atoms with Crippen molar-refractivity contribution in [3.63, 3.8) is 0 Å². The molecule has 0 radical (unpaired) electrons.